The quantitative estimate of drug-likeness (QED) is 0.851. The van der Waals surface area contributed by atoms with E-state index in [1.165, 1.54) is 0 Å². The van der Waals surface area contributed by atoms with Gasteiger partial charge in [-0.15, -0.1) is 0 Å². The first kappa shape index (κ1) is 15.7. The molecule has 1 aromatic heterocycles. The van der Waals surface area contributed by atoms with E-state index >= 15 is 0 Å². The number of methoxy groups -OCH3 is 1. The van der Waals surface area contributed by atoms with Crippen molar-refractivity contribution in [3.05, 3.63) is 52.8 Å². The molecule has 0 aliphatic heterocycles. The van der Waals surface area contributed by atoms with Gasteiger partial charge < -0.3 is 10.1 Å². The molecule has 0 fully saturated rings. The molecule has 0 amide bonds. The second-order valence-corrected chi connectivity index (χ2v) is 5.28. The molecule has 0 bridgehead atoms. The summed E-state index contributed by atoms with van der Waals surface area (Å²) in [5.41, 5.74) is 2.19. The molecule has 112 valence electrons. The summed E-state index contributed by atoms with van der Waals surface area (Å²) in [6.45, 7) is 3.09. The van der Waals surface area contributed by atoms with Crippen molar-refractivity contribution in [2.45, 2.75) is 25.8 Å². The van der Waals surface area contributed by atoms with Crippen molar-refractivity contribution in [2.24, 2.45) is 0 Å². The SMILES string of the molecule is CCCNC(Cc1cc(Cl)ccc1OC)c1ccnnc1. The second kappa shape index (κ2) is 7.96. The zero-order valence-corrected chi connectivity index (χ0v) is 13.1. The van der Waals surface area contributed by atoms with Gasteiger partial charge in [0.15, 0.2) is 0 Å². The van der Waals surface area contributed by atoms with Crippen LogP contribution in [0.15, 0.2) is 36.7 Å². The smallest absolute Gasteiger partial charge is 0.122 e. The molecule has 0 saturated carbocycles. The molecule has 1 aromatic carbocycles. The van der Waals surface area contributed by atoms with Gasteiger partial charge in [-0.3, -0.25) is 0 Å². The zero-order chi connectivity index (χ0) is 15.1. The highest BCUT2D eigenvalue weighted by Crippen LogP contribution is 2.27. The minimum absolute atomic E-state index is 0.160. The average Bonchev–Trinajstić information content (AvgIpc) is 2.52. The van der Waals surface area contributed by atoms with Gasteiger partial charge in [0.1, 0.15) is 5.75 Å². The van der Waals surface area contributed by atoms with Crippen LogP contribution in [0, 0.1) is 0 Å². The third-order valence-electron chi connectivity index (χ3n) is 3.32. The number of halogens is 1. The summed E-state index contributed by atoms with van der Waals surface area (Å²) >= 11 is 6.11. The van der Waals surface area contributed by atoms with Gasteiger partial charge in [-0.25, -0.2) is 0 Å². The van der Waals surface area contributed by atoms with Crippen molar-refractivity contribution >= 4 is 11.6 Å². The highest BCUT2D eigenvalue weighted by Gasteiger charge is 2.15. The van der Waals surface area contributed by atoms with Crippen LogP contribution in [0.25, 0.3) is 0 Å². The van der Waals surface area contributed by atoms with Crippen molar-refractivity contribution in [3.63, 3.8) is 0 Å². The fourth-order valence-corrected chi connectivity index (χ4v) is 2.45. The number of nitrogens with one attached hydrogen (secondary N) is 1. The molecule has 1 atom stereocenters. The van der Waals surface area contributed by atoms with Crippen LogP contribution in [0.1, 0.15) is 30.5 Å². The molecule has 0 radical (unpaired) electrons. The summed E-state index contributed by atoms with van der Waals surface area (Å²) < 4.78 is 5.43. The van der Waals surface area contributed by atoms with Crippen molar-refractivity contribution in [2.75, 3.05) is 13.7 Å². The highest BCUT2D eigenvalue weighted by atomic mass is 35.5. The van der Waals surface area contributed by atoms with Gasteiger partial charge in [-0.1, -0.05) is 18.5 Å². The maximum absolute atomic E-state index is 6.11. The lowest BCUT2D eigenvalue weighted by atomic mass is 9.99. The Labute approximate surface area is 130 Å². The molecular formula is C16H20ClN3O. The number of aromatic nitrogens is 2. The maximum atomic E-state index is 6.11. The first-order valence-electron chi connectivity index (χ1n) is 7.07. The van der Waals surface area contributed by atoms with Crippen LogP contribution in [0.4, 0.5) is 0 Å². The summed E-state index contributed by atoms with van der Waals surface area (Å²) in [6, 6.07) is 7.84. The van der Waals surface area contributed by atoms with Crippen molar-refractivity contribution in [1.29, 1.82) is 0 Å². The molecule has 1 unspecified atom stereocenters. The molecule has 0 aliphatic rings. The van der Waals surface area contributed by atoms with Crippen LogP contribution in [0.2, 0.25) is 5.02 Å². The molecule has 0 saturated heterocycles. The van der Waals surface area contributed by atoms with Gasteiger partial charge in [-0.05, 0) is 54.8 Å². The first-order valence-corrected chi connectivity index (χ1v) is 7.44. The van der Waals surface area contributed by atoms with Crippen LogP contribution >= 0.6 is 11.6 Å². The minimum Gasteiger partial charge on any atom is -0.496 e. The minimum atomic E-state index is 0.160. The first-order chi connectivity index (χ1) is 10.2. The molecule has 2 rings (SSSR count). The predicted molar refractivity (Wildman–Crippen MR) is 84.8 cm³/mol. The Morgan fingerprint density at radius 3 is 2.81 bits per heavy atom. The zero-order valence-electron chi connectivity index (χ0n) is 12.3. The molecule has 0 spiro atoms. The summed E-state index contributed by atoms with van der Waals surface area (Å²) in [7, 11) is 1.68. The summed E-state index contributed by atoms with van der Waals surface area (Å²) in [4.78, 5) is 0. The van der Waals surface area contributed by atoms with Gasteiger partial charge in [0.05, 0.1) is 13.3 Å². The number of rotatable bonds is 7. The number of ether oxygens (including phenoxy) is 1. The van der Waals surface area contributed by atoms with Crippen molar-refractivity contribution in [3.8, 4) is 5.75 Å². The van der Waals surface area contributed by atoms with Gasteiger partial charge in [0.2, 0.25) is 0 Å². The van der Waals surface area contributed by atoms with Gasteiger partial charge >= 0.3 is 0 Å². The van der Waals surface area contributed by atoms with E-state index in [-0.39, 0.29) is 6.04 Å². The van der Waals surface area contributed by atoms with E-state index in [1.807, 2.05) is 24.3 Å². The Kier molecular flexibility index (Phi) is 5.96. The average molecular weight is 306 g/mol. The third kappa shape index (κ3) is 4.41. The third-order valence-corrected chi connectivity index (χ3v) is 3.55. The van der Waals surface area contributed by atoms with Crippen molar-refractivity contribution < 1.29 is 4.74 Å². The fraction of sp³-hybridized carbons (Fsp3) is 0.375. The Balaban J connectivity index is 2.24. The van der Waals surface area contributed by atoms with Gasteiger partial charge in [0.25, 0.3) is 0 Å². The molecule has 1 heterocycles. The molecule has 0 aliphatic carbocycles. The largest absolute Gasteiger partial charge is 0.496 e. The Bertz CT molecular complexity index is 563. The van der Waals surface area contributed by atoms with E-state index in [0.29, 0.717) is 5.02 Å². The molecule has 5 heteroatoms. The number of hydrogen-bond acceptors (Lipinski definition) is 4. The van der Waals surface area contributed by atoms with Gasteiger partial charge in [-0.2, -0.15) is 10.2 Å². The monoisotopic (exact) mass is 305 g/mol. The Morgan fingerprint density at radius 2 is 2.14 bits per heavy atom. The van der Waals surface area contributed by atoms with E-state index in [2.05, 4.69) is 22.4 Å². The lowest BCUT2D eigenvalue weighted by Gasteiger charge is -2.20. The summed E-state index contributed by atoms with van der Waals surface area (Å²) in [5.74, 6) is 0.852. The topological polar surface area (TPSA) is 47.0 Å². The summed E-state index contributed by atoms with van der Waals surface area (Å²) in [5, 5.41) is 12.1. The summed E-state index contributed by atoms with van der Waals surface area (Å²) in [6.07, 6.45) is 5.37. The van der Waals surface area contributed by atoms with Crippen molar-refractivity contribution in [1.82, 2.24) is 15.5 Å². The highest BCUT2D eigenvalue weighted by molar-refractivity contribution is 6.30. The molecule has 21 heavy (non-hydrogen) atoms. The predicted octanol–water partition coefficient (Wildman–Crippen LogP) is 3.42. The van der Waals surface area contributed by atoms with E-state index in [0.717, 1.165) is 36.3 Å². The number of hydrogen-bond donors (Lipinski definition) is 1. The van der Waals surface area contributed by atoms with E-state index in [9.17, 15) is 0 Å². The number of nitrogens with zero attached hydrogens (tertiary/aromatic N) is 2. The maximum Gasteiger partial charge on any atom is 0.122 e. The van der Waals surface area contributed by atoms with E-state index in [1.54, 1.807) is 19.5 Å². The van der Waals surface area contributed by atoms with Crippen LogP contribution in [-0.4, -0.2) is 23.9 Å². The molecule has 2 aromatic rings. The number of benzene rings is 1. The van der Waals surface area contributed by atoms with Crippen LogP contribution in [0.3, 0.4) is 0 Å². The Hall–Kier alpha value is -1.65. The lowest BCUT2D eigenvalue weighted by Crippen LogP contribution is -2.24. The van der Waals surface area contributed by atoms with Gasteiger partial charge in [0, 0.05) is 17.3 Å². The van der Waals surface area contributed by atoms with Crippen LogP contribution in [-0.2, 0) is 6.42 Å². The van der Waals surface area contributed by atoms with E-state index < -0.39 is 0 Å². The lowest BCUT2D eigenvalue weighted by molar-refractivity contribution is 0.405. The molecular weight excluding hydrogens is 286 g/mol. The van der Waals surface area contributed by atoms with Crippen LogP contribution < -0.4 is 10.1 Å². The molecule has 1 N–H and O–H groups in total. The normalized spacial score (nSPS) is 12.1. The Morgan fingerprint density at radius 1 is 1.29 bits per heavy atom. The molecule has 4 nitrogen and oxygen atoms in total. The standard InChI is InChI=1S/C16H20ClN3O/c1-3-7-18-15(12-6-8-19-20-11-12)10-13-9-14(17)4-5-16(13)21-2/h4-6,8-9,11,15,18H,3,7,10H2,1-2H3. The van der Waals surface area contributed by atoms with Crippen LogP contribution in [0.5, 0.6) is 5.75 Å². The second-order valence-electron chi connectivity index (χ2n) is 4.84. The fourth-order valence-electron chi connectivity index (χ4n) is 2.26. The van der Waals surface area contributed by atoms with E-state index in [4.69, 9.17) is 16.3 Å².